The molecule has 25 heavy (non-hydrogen) atoms. The first kappa shape index (κ1) is 18.7. The number of hydrogen-bond acceptors (Lipinski definition) is 5. The lowest BCUT2D eigenvalue weighted by molar-refractivity contribution is -0.146. The fraction of sp³-hybridized carbons (Fsp3) is 0.235. The van der Waals surface area contributed by atoms with Gasteiger partial charge in [-0.2, -0.15) is 0 Å². The minimum Gasteiger partial charge on any atom is -0.454 e. The number of ether oxygens (including phenoxy) is 1. The van der Waals surface area contributed by atoms with Crippen molar-refractivity contribution in [2.24, 2.45) is 0 Å². The van der Waals surface area contributed by atoms with Crippen LogP contribution in [0.3, 0.4) is 0 Å². The first-order valence-corrected chi connectivity index (χ1v) is 8.20. The van der Waals surface area contributed by atoms with Crippen molar-refractivity contribution in [3.05, 3.63) is 51.9 Å². The van der Waals surface area contributed by atoms with Gasteiger partial charge in [0.15, 0.2) is 17.0 Å². The Morgan fingerprint density at radius 3 is 2.56 bits per heavy atom. The van der Waals surface area contributed by atoms with E-state index in [4.69, 9.17) is 9.15 Å². The van der Waals surface area contributed by atoms with Crippen molar-refractivity contribution >= 4 is 39.4 Å². The van der Waals surface area contributed by atoms with Crippen LogP contribution < -0.4 is 10.6 Å². The van der Waals surface area contributed by atoms with Gasteiger partial charge in [0.25, 0.3) is 11.8 Å². The molecule has 0 unspecified atom stereocenters. The molecule has 0 saturated carbocycles. The highest BCUT2D eigenvalue weighted by Gasteiger charge is 2.13. The van der Waals surface area contributed by atoms with Gasteiger partial charge in [-0.05, 0) is 53.5 Å². The van der Waals surface area contributed by atoms with E-state index in [9.17, 15) is 14.4 Å². The summed E-state index contributed by atoms with van der Waals surface area (Å²) in [5, 5.41) is 5.00. The van der Waals surface area contributed by atoms with Gasteiger partial charge in [-0.3, -0.25) is 14.4 Å². The van der Waals surface area contributed by atoms with E-state index in [-0.39, 0.29) is 12.3 Å². The lowest BCUT2D eigenvalue weighted by Gasteiger charge is -2.09. The van der Waals surface area contributed by atoms with Gasteiger partial charge in [-0.25, -0.2) is 0 Å². The number of anilines is 1. The molecule has 2 amide bonds. The van der Waals surface area contributed by atoms with E-state index in [1.807, 2.05) is 26.0 Å². The molecule has 0 saturated heterocycles. The summed E-state index contributed by atoms with van der Waals surface area (Å²) in [7, 11) is 0. The van der Waals surface area contributed by atoms with Crippen molar-refractivity contribution in [2.75, 3.05) is 18.5 Å². The molecule has 2 aromatic rings. The summed E-state index contributed by atoms with van der Waals surface area (Å²) >= 11 is 3.07. The summed E-state index contributed by atoms with van der Waals surface area (Å²) in [6, 6.07) is 8.61. The molecule has 7 nitrogen and oxygen atoms in total. The molecule has 0 spiro atoms. The Labute approximate surface area is 152 Å². The molecule has 0 aliphatic carbocycles. The van der Waals surface area contributed by atoms with Crippen LogP contribution in [-0.4, -0.2) is 30.9 Å². The molecule has 8 heteroatoms. The standard InChI is InChI=1S/C17H17BrN2O5/c1-10-3-4-12(11(2)7-10)20-15(21)9-24-16(22)8-19-17(23)13-5-6-14(18)25-13/h3-7H,8-9H2,1-2H3,(H,19,23)(H,20,21). The smallest absolute Gasteiger partial charge is 0.325 e. The van der Waals surface area contributed by atoms with Gasteiger partial charge in [-0.1, -0.05) is 17.7 Å². The van der Waals surface area contributed by atoms with Crippen LogP contribution in [-0.2, 0) is 14.3 Å². The maximum atomic E-state index is 11.8. The average Bonchev–Trinajstić information content (AvgIpc) is 3.00. The van der Waals surface area contributed by atoms with Crippen LogP contribution in [0, 0.1) is 13.8 Å². The largest absolute Gasteiger partial charge is 0.454 e. The monoisotopic (exact) mass is 408 g/mol. The Kier molecular flexibility index (Phi) is 6.35. The molecule has 0 bridgehead atoms. The number of aryl methyl sites for hydroxylation is 2. The molecule has 1 aromatic carbocycles. The van der Waals surface area contributed by atoms with E-state index in [1.165, 1.54) is 6.07 Å². The summed E-state index contributed by atoms with van der Waals surface area (Å²) in [6.07, 6.45) is 0. The van der Waals surface area contributed by atoms with Gasteiger partial charge < -0.3 is 19.8 Å². The predicted octanol–water partition coefficient (Wildman–Crippen LogP) is 2.57. The van der Waals surface area contributed by atoms with E-state index >= 15 is 0 Å². The molecule has 0 atom stereocenters. The number of halogens is 1. The zero-order valence-corrected chi connectivity index (χ0v) is 15.3. The molecule has 0 radical (unpaired) electrons. The number of esters is 1. The lowest BCUT2D eigenvalue weighted by atomic mass is 10.1. The molecular weight excluding hydrogens is 392 g/mol. The molecule has 132 valence electrons. The summed E-state index contributed by atoms with van der Waals surface area (Å²) in [4.78, 5) is 35.1. The van der Waals surface area contributed by atoms with Gasteiger partial charge in [-0.15, -0.1) is 0 Å². The molecule has 0 aliphatic heterocycles. The highest BCUT2D eigenvalue weighted by Crippen LogP contribution is 2.16. The van der Waals surface area contributed by atoms with Crippen LogP contribution in [0.2, 0.25) is 0 Å². The second-order valence-electron chi connectivity index (χ2n) is 5.31. The van der Waals surface area contributed by atoms with Crippen molar-refractivity contribution in [3.63, 3.8) is 0 Å². The Morgan fingerprint density at radius 1 is 1.16 bits per heavy atom. The molecule has 2 rings (SSSR count). The number of rotatable bonds is 6. The van der Waals surface area contributed by atoms with E-state index in [2.05, 4.69) is 26.6 Å². The van der Waals surface area contributed by atoms with Crippen LogP contribution >= 0.6 is 15.9 Å². The zero-order valence-electron chi connectivity index (χ0n) is 13.7. The average molecular weight is 409 g/mol. The molecular formula is C17H17BrN2O5. The van der Waals surface area contributed by atoms with Crippen LogP contribution in [0.25, 0.3) is 0 Å². The van der Waals surface area contributed by atoms with Crippen LogP contribution in [0.1, 0.15) is 21.7 Å². The Bertz CT molecular complexity index is 800. The molecule has 0 aliphatic rings. The second kappa shape index (κ2) is 8.48. The molecule has 1 heterocycles. The van der Waals surface area contributed by atoms with Crippen LogP contribution in [0.15, 0.2) is 39.4 Å². The summed E-state index contributed by atoms with van der Waals surface area (Å²) in [5.41, 5.74) is 2.65. The fourth-order valence-corrected chi connectivity index (χ4v) is 2.32. The number of nitrogens with one attached hydrogen (secondary N) is 2. The van der Waals surface area contributed by atoms with Crippen molar-refractivity contribution in [1.29, 1.82) is 0 Å². The minimum absolute atomic E-state index is 0.0623. The molecule has 2 N–H and O–H groups in total. The Hall–Kier alpha value is -2.61. The van der Waals surface area contributed by atoms with Crippen LogP contribution in [0.5, 0.6) is 0 Å². The van der Waals surface area contributed by atoms with Crippen molar-refractivity contribution in [3.8, 4) is 0 Å². The van der Waals surface area contributed by atoms with E-state index in [0.29, 0.717) is 10.4 Å². The van der Waals surface area contributed by atoms with E-state index in [1.54, 1.807) is 12.1 Å². The third-order valence-electron chi connectivity index (χ3n) is 3.21. The SMILES string of the molecule is Cc1ccc(NC(=O)COC(=O)CNC(=O)c2ccc(Br)o2)c(C)c1. The van der Waals surface area contributed by atoms with Crippen molar-refractivity contribution in [2.45, 2.75) is 13.8 Å². The van der Waals surface area contributed by atoms with Gasteiger partial charge in [0.05, 0.1) is 0 Å². The van der Waals surface area contributed by atoms with Gasteiger partial charge in [0, 0.05) is 5.69 Å². The van der Waals surface area contributed by atoms with Crippen LogP contribution in [0.4, 0.5) is 5.69 Å². The van der Waals surface area contributed by atoms with Crippen molar-refractivity contribution in [1.82, 2.24) is 5.32 Å². The highest BCUT2D eigenvalue weighted by molar-refractivity contribution is 9.10. The Morgan fingerprint density at radius 2 is 1.92 bits per heavy atom. The maximum absolute atomic E-state index is 11.8. The maximum Gasteiger partial charge on any atom is 0.325 e. The number of furan rings is 1. The summed E-state index contributed by atoms with van der Waals surface area (Å²) in [6.45, 7) is 3.02. The number of amides is 2. The van der Waals surface area contributed by atoms with Gasteiger partial charge in [0.1, 0.15) is 6.54 Å². The molecule has 0 fully saturated rings. The number of carbonyl (C=O) groups is 3. The van der Waals surface area contributed by atoms with Crippen molar-refractivity contribution < 1.29 is 23.5 Å². The first-order chi connectivity index (χ1) is 11.8. The van der Waals surface area contributed by atoms with E-state index < -0.39 is 24.4 Å². The lowest BCUT2D eigenvalue weighted by Crippen LogP contribution is -2.32. The number of hydrogen-bond donors (Lipinski definition) is 2. The fourth-order valence-electron chi connectivity index (χ4n) is 2.01. The second-order valence-corrected chi connectivity index (χ2v) is 6.10. The topological polar surface area (TPSA) is 97.6 Å². The third-order valence-corrected chi connectivity index (χ3v) is 3.64. The zero-order chi connectivity index (χ0) is 18.4. The van der Waals surface area contributed by atoms with E-state index in [0.717, 1.165) is 11.1 Å². The first-order valence-electron chi connectivity index (χ1n) is 7.41. The quantitative estimate of drug-likeness (QED) is 0.715. The number of carbonyl (C=O) groups excluding carboxylic acids is 3. The predicted molar refractivity (Wildman–Crippen MR) is 94.2 cm³/mol. The Balaban J connectivity index is 1.74. The van der Waals surface area contributed by atoms with Gasteiger partial charge in [0.2, 0.25) is 0 Å². The summed E-state index contributed by atoms with van der Waals surface area (Å²) < 4.78 is 10.3. The third kappa shape index (κ3) is 5.75. The molecule has 1 aromatic heterocycles. The van der Waals surface area contributed by atoms with Gasteiger partial charge >= 0.3 is 5.97 Å². The number of benzene rings is 1. The normalized spacial score (nSPS) is 10.2. The highest BCUT2D eigenvalue weighted by atomic mass is 79.9. The summed E-state index contributed by atoms with van der Waals surface area (Å²) in [5.74, 6) is -1.68. The minimum atomic E-state index is -0.727.